The van der Waals surface area contributed by atoms with Crippen LogP contribution in [-0.4, -0.2) is 22.9 Å². The highest BCUT2D eigenvalue weighted by Gasteiger charge is 2.18. The van der Waals surface area contributed by atoms with Crippen LogP contribution in [0.1, 0.15) is 39.0 Å². The van der Waals surface area contributed by atoms with E-state index in [1.165, 1.54) is 6.07 Å². The summed E-state index contributed by atoms with van der Waals surface area (Å²) in [7, 11) is 0. The molecular formula is C22H22FN3O2. The van der Waals surface area contributed by atoms with Gasteiger partial charge in [-0.25, -0.2) is 4.39 Å². The molecule has 0 aliphatic carbocycles. The second-order valence-electron chi connectivity index (χ2n) is 6.47. The molecule has 2 amide bonds. The SMILES string of the molecule is CCNC(=O)c1cccc(NC(=O)c2cc(C)n(-c3ccccc3F)c2C)c1. The van der Waals surface area contributed by atoms with Gasteiger partial charge in [-0.2, -0.15) is 0 Å². The second kappa shape index (κ2) is 8.08. The summed E-state index contributed by atoms with van der Waals surface area (Å²) < 4.78 is 15.9. The standard InChI is InChI=1S/C22H22FN3O2/c1-4-24-21(27)16-8-7-9-17(13-16)25-22(28)18-12-14(2)26(15(18)3)20-11-6-5-10-19(20)23/h5-13H,4H2,1-3H3,(H,24,27)(H,25,28). The van der Waals surface area contributed by atoms with E-state index in [4.69, 9.17) is 0 Å². The number of rotatable bonds is 5. The van der Waals surface area contributed by atoms with Crippen molar-refractivity contribution in [2.45, 2.75) is 20.8 Å². The Bertz CT molecular complexity index is 1040. The summed E-state index contributed by atoms with van der Waals surface area (Å²) in [6, 6.07) is 14.9. The average Bonchev–Trinajstić information content (AvgIpc) is 2.97. The lowest BCUT2D eigenvalue weighted by Gasteiger charge is -2.11. The van der Waals surface area contributed by atoms with Crippen LogP contribution in [0.3, 0.4) is 0 Å². The number of carbonyl (C=O) groups is 2. The van der Waals surface area contributed by atoms with E-state index in [2.05, 4.69) is 10.6 Å². The molecule has 0 aliphatic heterocycles. The van der Waals surface area contributed by atoms with Crippen molar-refractivity contribution < 1.29 is 14.0 Å². The zero-order chi connectivity index (χ0) is 20.3. The molecule has 28 heavy (non-hydrogen) atoms. The van der Waals surface area contributed by atoms with E-state index in [0.717, 1.165) is 5.69 Å². The molecule has 144 valence electrons. The first kappa shape index (κ1) is 19.4. The predicted octanol–water partition coefficient (Wildman–Crippen LogP) is 4.24. The number of carbonyl (C=O) groups excluding carboxylic acids is 2. The molecule has 3 aromatic rings. The van der Waals surface area contributed by atoms with Crippen molar-refractivity contribution in [1.82, 2.24) is 9.88 Å². The van der Waals surface area contributed by atoms with Gasteiger partial charge in [0.25, 0.3) is 11.8 Å². The van der Waals surface area contributed by atoms with Gasteiger partial charge in [-0.15, -0.1) is 0 Å². The molecule has 5 nitrogen and oxygen atoms in total. The Hall–Kier alpha value is -3.41. The summed E-state index contributed by atoms with van der Waals surface area (Å²) in [6.45, 7) is 5.97. The molecule has 0 fully saturated rings. The van der Waals surface area contributed by atoms with E-state index in [1.54, 1.807) is 60.0 Å². The van der Waals surface area contributed by atoms with E-state index in [1.807, 2.05) is 13.8 Å². The number of aryl methyl sites for hydroxylation is 1. The van der Waals surface area contributed by atoms with Gasteiger partial charge in [0, 0.05) is 29.2 Å². The van der Waals surface area contributed by atoms with Crippen LogP contribution in [0.4, 0.5) is 10.1 Å². The molecule has 0 spiro atoms. The number of nitrogens with one attached hydrogen (secondary N) is 2. The van der Waals surface area contributed by atoms with Crippen molar-refractivity contribution in [3.8, 4) is 5.69 Å². The van der Waals surface area contributed by atoms with E-state index < -0.39 is 0 Å². The van der Waals surface area contributed by atoms with Gasteiger partial charge in [0.1, 0.15) is 5.82 Å². The van der Waals surface area contributed by atoms with Gasteiger partial charge in [0.15, 0.2) is 0 Å². The molecule has 1 heterocycles. The zero-order valence-corrected chi connectivity index (χ0v) is 16.0. The van der Waals surface area contributed by atoms with Crippen molar-refractivity contribution >= 4 is 17.5 Å². The molecule has 0 saturated heterocycles. The number of halogens is 1. The van der Waals surface area contributed by atoms with Crippen LogP contribution in [-0.2, 0) is 0 Å². The third kappa shape index (κ3) is 3.81. The smallest absolute Gasteiger partial charge is 0.257 e. The maximum atomic E-state index is 14.2. The van der Waals surface area contributed by atoms with Crippen molar-refractivity contribution in [2.24, 2.45) is 0 Å². The lowest BCUT2D eigenvalue weighted by atomic mass is 10.1. The number of hydrogen-bond acceptors (Lipinski definition) is 2. The Morgan fingerprint density at radius 3 is 2.46 bits per heavy atom. The summed E-state index contributed by atoms with van der Waals surface area (Å²) >= 11 is 0. The van der Waals surface area contributed by atoms with Gasteiger partial charge in [0.05, 0.1) is 11.3 Å². The Balaban J connectivity index is 1.89. The molecule has 6 heteroatoms. The first-order chi connectivity index (χ1) is 13.4. The van der Waals surface area contributed by atoms with Gasteiger partial charge in [-0.3, -0.25) is 9.59 Å². The monoisotopic (exact) mass is 379 g/mol. The Morgan fingerprint density at radius 2 is 1.75 bits per heavy atom. The van der Waals surface area contributed by atoms with E-state index in [0.29, 0.717) is 34.7 Å². The summed E-state index contributed by atoms with van der Waals surface area (Å²) in [4.78, 5) is 24.8. The fraction of sp³-hybridized carbons (Fsp3) is 0.182. The minimum Gasteiger partial charge on any atom is -0.352 e. The summed E-state index contributed by atoms with van der Waals surface area (Å²) in [5.74, 6) is -0.869. The number of nitrogens with zero attached hydrogens (tertiary/aromatic N) is 1. The second-order valence-corrected chi connectivity index (χ2v) is 6.47. The normalized spacial score (nSPS) is 10.6. The van der Waals surface area contributed by atoms with Crippen molar-refractivity contribution in [1.29, 1.82) is 0 Å². The number of hydrogen-bond donors (Lipinski definition) is 2. The fourth-order valence-electron chi connectivity index (χ4n) is 3.20. The molecule has 3 rings (SSSR count). The topological polar surface area (TPSA) is 63.1 Å². The maximum Gasteiger partial charge on any atom is 0.257 e. The minimum absolute atomic E-state index is 0.198. The third-order valence-corrected chi connectivity index (χ3v) is 4.49. The molecular weight excluding hydrogens is 357 g/mol. The van der Waals surface area contributed by atoms with Gasteiger partial charge >= 0.3 is 0 Å². The molecule has 2 aromatic carbocycles. The van der Waals surface area contributed by atoms with Crippen molar-refractivity contribution in [3.05, 3.63) is 82.9 Å². The molecule has 2 N–H and O–H groups in total. The van der Waals surface area contributed by atoms with Crippen LogP contribution in [0.2, 0.25) is 0 Å². The van der Waals surface area contributed by atoms with Gasteiger partial charge < -0.3 is 15.2 Å². The molecule has 0 aliphatic rings. The van der Waals surface area contributed by atoms with E-state index in [-0.39, 0.29) is 17.6 Å². The van der Waals surface area contributed by atoms with Crippen molar-refractivity contribution in [2.75, 3.05) is 11.9 Å². The molecule has 0 atom stereocenters. The van der Waals surface area contributed by atoms with Gasteiger partial charge in [-0.1, -0.05) is 18.2 Å². The lowest BCUT2D eigenvalue weighted by molar-refractivity contribution is 0.0954. The minimum atomic E-state index is -0.356. The first-order valence-corrected chi connectivity index (χ1v) is 9.05. The molecule has 0 saturated carbocycles. The Labute approximate surface area is 163 Å². The largest absolute Gasteiger partial charge is 0.352 e. The zero-order valence-electron chi connectivity index (χ0n) is 16.0. The average molecular weight is 379 g/mol. The van der Waals surface area contributed by atoms with Crippen LogP contribution in [0, 0.1) is 19.7 Å². The fourth-order valence-corrected chi connectivity index (χ4v) is 3.20. The summed E-state index contributed by atoms with van der Waals surface area (Å²) in [5.41, 5.74) is 3.23. The third-order valence-electron chi connectivity index (χ3n) is 4.49. The molecule has 0 radical (unpaired) electrons. The van der Waals surface area contributed by atoms with Crippen LogP contribution < -0.4 is 10.6 Å². The van der Waals surface area contributed by atoms with E-state index in [9.17, 15) is 14.0 Å². The lowest BCUT2D eigenvalue weighted by Crippen LogP contribution is -2.22. The van der Waals surface area contributed by atoms with Crippen molar-refractivity contribution in [3.63, 3.8) is 0 Å². The highest BCUT2D eigenvalue weighted by molar-refractivity contribution is 6.06. The maximum absolute atomic E-state index is 14.2. The van der Waals surface area contributed by atoms with Gasteiger partial charge in [0.2, 0.25) is 0 Å². The summed E-state index contributed by atoms with van der Waals surface area (Å²) in [5, 5.41) is 5.54. The molecule has 0 unspecified atom stereocenters. The number of benzene rings is 2. The first-order valence-electron chi connectivity index (χ1n) is 9.05. The molecule has 0 bridgehead atoms. The Kier molecular flexibility index (Phi) is 5.59. The van der Waals surface area contributed by atoms with Crippen LogP contribution in [0.25, 0.3) is 5.69 Å². The number of para-hydroxylation sites is 1. The number of aromatic nitrogens is 1. The molecule has 1 aromatic heterocycles. The van der Waals surface area contributed by atoms with Crippen LogP contribution >= 0.6 is 0 Å². The number of anilines is 1. The van der Waals surface area contributed by atoms with E-state index >= 15 is 0 Å². The number of amides is 2. The Morgan fingerprint density at radius 1 is 1.00 bits per heavy atom. The summed E-state index contributed by atoms with van der Waals surface area (Å²) in [6.07, 6.45) is 0. The highest BCUT2D eigenvalue weighted by atomic mass is 19.1. The highest BCUT2D eigenvalue weighted by Crippen LogP contribution is 2.24. The predicted molar refractivity (Wildman–Crippen MR) is 108 cm³/mol. The van der Waals surface area contributed by atoms with Crippen LogP contribution in [0.15, 0.2) is 54.6 Å². The van der Waals surface area contributed by atoms with Gasteiger partial charge in [-0.05, 0) is 57.2 Å². The van der Waals surface area contributed by atoms with Crippen LogP contribution in [0.5, 0.6) is 0 Å². The quantitative estimate of drug-likeness (QED) is 0.697.